The van der Waals surface area contributed by atoms with Crippen molar-refractivity contribution in [2.75, 3.05) is 23.8 Å². The van der Waals surface area contributed by atoms with Crippen LogP contribution in [0, 0.1) is 17.8 Å². The highest BCUT2D eigenvalue weighted by atomic mass is 32.2. The van der Waals surface area contributed by atoms with Crippen molar-refractivity contribution in [2.45, 2.75) is 91.0 Å². The lowest BCUT2D eigenvalue weighted by Crippen LogP contribution is -2.33. The van der Waals surface area contributed by atoms with Gasteiger partial charge in [-0.05, 0) is 72.2 Å². The van der Waals surface area contributed by atoms with Crippen LogP contribution < -0.4 is 25.2 Å². The van der Waals surface area contributed by atoms with Crippen LogP contribution in [-0.2, 0) is 27.6 Å². The second-order valence-corrected chi connectivity index (χ2v) is 18.7. The number of nitrogens with zero attached hydrogens (tertiary/aromatic N) is 6. The summed E-state index contributed by atoms with van der Waals surface area (Å²) in [6.45, 7) is 1.46. The summed E-state index contributed by atoms with van der Waals surface area (Å²) in [7, 11) is -4.28. The first-order valence-corrected chi connectivity index (χ1v) is 23.9. The molecule has 2 aliphatic rings. The third kappa shape index (κ3) is 16.0. The standard InChI is InChI=1S/C24H24F4N4O3.C23H23F4N5O6S.2CH4/c1-14-17(12-33)8-20(21(14)25)31-23-19(9-29-13-30-23)22(34)16-5-6-32(11-16)10-15-3-2-4-18(7-15)35-24(26,27)28;24-19-18(7-15(21(19)34)11-37-39(28,35)36)31-22-17(8-29-12-30-22)20(33)14-4-5-32(10-14)9-13-2-1-3-16(6-13)38-23(25,26)27;;/h2-7,9,11,13-14,17,20-21,33H,8,10,12H2,1H3,(H,29,30,31);1-6,8,10,12,15,18-19,21,34H,7,9,11H2,(H2,28,35,36)(H,29,30,31);2*1H4/t14-,17-,20-,21+;15-,18-,19-,21-;;/m11../s1. The predicted octanol–water partition coefficient (Wildman–Crippen LogP) is 7.67. The summed E-state index contributed by atoms with van der Waals surface area (Å²) in [4.78, 5) is 42.3. The normalized spacial score (nSPS) is 21.3. The van der Waals surface area contributed by atoms with E-state index in [4.69, 9.17) is 5.14 Å². The van der Waals surface area contributed by atoms with Gasteiger partial charge in [0.25, 0.3) is 0 Å². The predicted molar refractivity (Wildman–Crippen MR) is 260 cm³/mol. The van der Waals surface area contributed by atoms with Gasteiger partial charge < -0.3 is 39.5 Å². The largest absolute Gasteiger partial charge is 0.573 e. The molecule has 2 aromatic carbocycles. The lowest BCUT2D eigenvalue weighted by Gasteiger charge is -2.18. The number of aliphatic hydroxyl groups excluding tert-OH is 2. The van der Waals surface area contributed by atoms with Gasteiger partial charge in [0.1, 0.15) is 48.1 Å². The fraction of sp³-hybridized carbons (Fsp3) is 0.388. The van der Waals surface area contributed by atoms with E-state index < -0.39 is 71.9 Å². The summed E-state index contributed by atoms with van der Waals surface area (Å²) in [5.41, 5.74) is 1.73. The van der Waals surface area contributed by atoms with Gasteiger partial charge in [-0.3, -0.25) is 13.8 Å². The average Bonchev–Trinajstić information content (AvgIpc) is 4.12. The molecule has 6 N–H and O–H groups in total. The number of aliphatic hydroxyl groups is 2. The third-order valence-electron chi connectivity index (χ3n) is 12.2. The molecule has 8 rings (SSSR count). The fourth-order valence-electron chi connectivity index (χ4n) is 8.59. The summed E-state index contributed by atoms with van der Waals surface area (Å²) in [6.07, 6.45) is -2.61. The molecule has 0 amide bonds. The van der Waals surface area contributed by atoms with Crippen LogP contribution >= 0.6 is 0 Å². The highest BCUT2D eigenvalue weighted by Gasteiger charge is 2.44. The van der Waals surface area contributed by atoms with E-state index in [1.807, 2.05) is 0 Å². The topological polar surface area (TPSA) is 248 Å². The first-order chi connectivity index (χ1) is 34.9. The Bertz CT molecular complexity index is 3020. The molecule has 76 heavy (non-hydrogen) atoms. The molecule has 6 aromatic rings. The smallest absolute Gasteiger partial charge is 0.406 e. The van der Waals surface area contributed by atoms with Crippen molar-refractivity contribution in [1.29, 1.82) is 0 Å². The van der Waals surface area contributed by atoms with Crippen LogP contribution in [0.5, 0.6) is 11.5 Å². The summed E-state index contributed by atoms with van der Waals surface area (Å²) in [6, 6.07) is 12.4. The molecular formula is C49H55F8N9O9S. The number of aromatic nitrogens is 6. The van der Waals surface area contributed by atoms with E-state index >= 15 is 0 Å². The second kappa shape index (κ2) is 25.2. The summed E-state index contributed by atoms with van der Waals surface area (Å²) in [5, 5.41) is 30.2. The number of carbonyl (C=O) groups excluding carboxylic acids is 2. The Morgan fingerprint density at radius 1 is 0.737 bits per heavy atom. The molecule has 2 saturated carbocycles. The Morgan fingerprint density at radius 3 is 1.61 bits per heavy atom. The van der Waals surface area contributed by atoms with Gasteiger partial charge in [0.05, 0.1) is 35.9 Å². The Labute approximate surface area is 431 Å². The molecule has 412 valence electrons. The van der Waals surface area contributed by atoms with Crippen LogP contribution in [0.25, 0.3) is 0 Å². The number of nitrogens with two attached hydrogens (primary N) is 1. The van der Waals surface area contributed by atoms with E-state index in [2.05, 4.69) is 44.2 Å². The highest BCUT2D eigenvalue weighted by Crippen LogP contribution is 2.37. The number of halogens is 8. The van der Waals surface area contributed by atoms with Crippen molar-refractivity contribution >= 4 is 33.5 Å². The van der Waals surface area contributed by atoms with E-state index in [-0.39, 0.29) is 98.4 Å². The van der Waals surface area contributed by atoms with Gasteiger partial charge in [-0.1, -0.05) is 46.0 Å². The van der Waals surface area contributed by atoms with Crippen LogP contribution in [0.3, 0.4) is 0 Å². The summed E-state index contributed by atoms with van der Waals surface area (Å²) >= 11 is 0. The lowest BCUT2D eigenvalue weighted by atomic mass is 9.99. The molecule has 4 heterocycles. The van der Waals surface area contributed by atoms with Crippen molar-refractivity contribution < 1.29 is 77.0 Å². The van der Waals surface area contributed by atoms with Gasteiger partial charge in [-0.15, -0.1) is 26.3 Å². The molecule has 4 aromatic heterocycles. The molecule has 2 aliphatic carbocycles. The number of anilines is 2. The minimum atomic E-state index is -4.83. The number of hydrogen-bond donors (Lipinski definition) is 5. The molecule has 0 aliphatic heterocycles. The average molecular weight is 1100 g/mol. The van der Waals surface area contributed by atoms with Crippen LogP contribution in [0.15, 0.2) is 110 Å². The molecule has 0 saturated heterocycles. The van der Waals surface area contributed by atoms with Crippen LogP contribution in [0.2, 0.25) is 0 Å². The first-order valence-electron chi connectivity index (χ1n) is 22.4. The van der Waals surface area contributed by atoms with Crippen LogP contribution in [0.1, 0.15) is 77.6 Å². The third-order valence-corrected chi connectivity index (χ3v) is 12.7. The maximum Gasteiger partial charge on any atom is 0.573 e. The molecule has 8 atom stereocenters. The van der Waals surface area contributed by atoms with Crippen molar-refractivity contribution in [3.63, 3.8) is 0 Å². The zero-order valence-electron chi connectivity index (χ0n) is 38.7. The second-order valence-electron chi connectivity index (χ2n) is 17.5. The van der Waals surface area contributed by atoms with Crippen molar-refractivity contribution in [3.05, 3.63) is 144 Å². The highest BCUT2D eigenvalue weighted by molar-refractivity contribution is 7.84. The summed E-state index contributed by atoms with van der Waals surface area (Å²) < 4.78 is 142. The number of ether oxygens (including phenoxy) is 2. The number of rotatable bonds is 18. The Balaban J connectivity index is 0.000000275. The molecule has 2 fully saturated rings. The van der Waals surface area contributed by atoms with E-state index in [0.29, 0.717) is 23.1 Å². The van der Waals surface area contributed by atoms with E-state index in [0.717, 1.165) is 6.33 Å². The van der Waals surface area contributed by atoms with Gasteiger partial charge in [0.2, 0.25) is 0 Å². The monoisotopic (exact) mass is 1100 g/mol. The van der Waals surface area contributed by atoms with Gasteiger partial charge in [-0.2, -0.15) is 8.42 Å². The molecular weight excluding hydrogens is 1040 g/mol. The van der Waals surface area contributed by atoms with Crippen molar-refractivity contribution in [2.24, 2.45) is 22.9 Å². The maximum atomic E-state index is 14.8. The Morgan fingerprint density at radius 2 is 1.18 bits per heavy atom. The minimum absolute atomic E-state index is 0. The lowest BCUT2D eigenvalue weighted by molar-refractivity contribution is -0.275. The van der Waals surface area contributed by atoms with E-state index in [9.17, 15) is 63.3 Å². The Hall–Kier alpha value is -7.07. The SMILES string of the molecule is C.C.C[C@@H]1[C@@H](CO)C[C@@H](Nc2ncncc2C(=O)c2ccn(Cc3cccc(OC(F)(F)F)c3)c2)[C@H]1F.NS(=O)(=O)OC[C@H]1C[C@@H](Nc2ncncc2C(=O)c2ccn(Cc3cccc(OC(F)(F)F)c3)c2)[C@@H](F)[C@@H]1O. The molecule has 0 radical (unpaired) electrons. The fourth-order valence-corrected chi connectivity index (χ4v) is 8.96. The summed E-state index contributed by atoms with van der Waals surface area (Å²) in [5.74, 6) is -2.80. The van der Waals surface area contributed by atoms with Crippen LogP contribution in [-0.4, -0.2) is 116 Å². The van der Waals surface area contributed by atoms with Crippen molar-refractivity contribution in [3.8, 4) is 11.5 Å². The van der Waals surface area contributed by atoms with E-state index in [1.165, 1.54) is 67.4 Å². The number of carbonyl (C=O) groups is 2. The maximum absolute atomic E-state index is 14.8. The van der Waals surface area contributed by atoms with Crippen LogP contribution in [0.4, 0.5) is 46.8 Å². The van der Waals surface area contributed by atoms with Gasteiger partial charge in [0, 0.05) is 73.9 Å². The van der Waals surface area contributed by atoms with E-state index in [1.54, 1.807) is 52.8 Å². The quantitative estimate of drug-likeness (QED) is 0.0409. The first kappa shape index (κ1) is 59.8. The zero-order chi connectivity index (χ0) is 53.5. The Kier molecular flexibility index (Phi) is 19.8. The number of ketones is 2. The number of benzene rings is 2. The van der Waals surface area contributed by atoms with Gasteiger partial charge >= 0.3 is 23.0 Å². The number of nitrogens with one attached hydrogen (secondary N) is 2. The molecule has 0 bridgehead atoms. The van der Waals surface area contributed by atoms with Crippen molar-refractivity contribution in [1.82, 2.24) is 29.1 Å². The molecule has 0 spiro atoms. The zero-order valence-corrected chi connectivity index (χ0v) is 39.5. The number of alkyl halides is 8. The van der Waals surface area contributed by atoms with Gasteiger partial charge in [-0.25, -0.2) is 33.9 Å². The minimum Gasteiger partial charge on any atom is -0.406 e. The molecule has 0 unspecified atom stereocenters. The number of hydrogen-bond acceptors (Lipinski definition) is 15. The molecule has 27 heteroatoms. The molecule has 18 nitrogen and oxygen atoms in total. The van der Waals surface area contributed by atoms with Gasteiger partial charge in [0.15, 0.2) is 11.6 Å².